The molecule has 0 heterocycles. The van der Waals surface area contributed by atoms with Gasteiger partial charge in [0.05, 0.1) is 30.0 Å². The molecule has 0 bridgehead atoms. The van der Waals surface area contributed by atoms with Crippen LogP contribution < -0.4 is 19.5 Å². The molecule has 0 aliphatic carbocycles. The first kappa shape index (κ1) is 22.7. The standard InChI is InChI=1S/C21H18Cl2N2O5S/c1-29-18-12-17(19(30-2)11-16(18)23)24-21(26)13-8-9-15(22)20(10-13)31(27,28)25-14-6-4-3-5-7-14/h3-12,25H,1-2H3,(H,24,26). The van der Waals surface area contributed by atoms with Crippen LogP contribution in [0.1, 0.15) is 10.4 Å². The summed E-state index contributed by atoms with van der Waals surface area (Å²) in [5.74, 6) is 0.0754. The molecule has 0 saturated heterocycles. The molecule has 0 unspecified atom stereocenters. The van der Waals surface area contributed by atoms with Crippen LogP contribution in [0.25, 0.3) is 0 Å². The summed E-state index contributed by atoms with van der Waals surface area (Å²) >= 11 is 12.2. The monoisotopic (exact) mass is 480 g/mol. The summed E-state index contributed by atoms with van der Waals surface area (Å²) in [7, 11) is -1.16. The maximum absolute atomic E-state index is 12.8. The molecule has 7 nitrogen and oxygen atoms in total. The number of anilines is 2. The third-order valence-electron chi connectivity index (χ3n) is 4.23. The lowest BCUT2D eigenvalue weighted by Gasteiger charge is -2.14. The number of hydrogen-bond donors (Lipinski definition) is 2. The molecule has 0 aromatic heterocycles. The van der Waals surface area contributed by atoms with Gasteiger partial charge in [0.1, 0.15) is 16.4 Å². The van der Waals surface area contributed by atoms with E-state index in [-0.39, 0.29) is 15.5 Å². The number of methoxy groups -OCH3 is 2. The van der Waals surface area contributed by atoms with Crippen LogP contribution in [-0.4, -0.2) is 28.5 Å². The second kappa shape index (κ2) is 9.47. The van der Waals surface area contributed by atoms with Gasteiger partial charge in [-0.15, -0.1) is 0 Å². The van der Waals surface area contributed by atoms with Crippen molar-refractivity contribution in [1.82, 2.24) is 0 Å². The van der Waals surface area contributed by atoms with E-state index in [4.69, 9.17) is 32.7 Å². The van der Waals surface area contributed by atoms with Gasteiger partial charge in [-0.05, 0) is 30.3 Å². The normalized spacial score (nSPS) is 11.0. The second-order valence-electron chi connectivity index (χ2n) is 6.26. The van der Waals surface area contributed by atoms with Crippen LogP contribution in [0.15, 0.2) is 65.6 Å². The van der Waals surface area contributed by atoms with E-state index in [0.717, 1.165) is 0 Å². The smallest absolute Gasteiger partial charge is 0.263 e. The van der Waals surface area contributed by atoms with Crippen molar-refractivity contribution in [3.8, 4) is 11.5 Å². The molecule has 0 aliphatic heterocycles. The number of nitrogens with one attached hydrogen (secondary N) is 2. The largest absolute Gasteiger partial charge is 0.495 e. The third kappa shape index (κ3) is 5.22. The van der Waals surface area contributed by atoms with E-state index in [0.29, 0.717) is 27.9 Å². The number of halogens is 2. The van der Waals surface area contributed by atoms with Crippen LogP contribution in [0, 0.1) is 0 Å². The summed E-state index contributed by atoms with van der Waals surface area (Å²) in [5.41, 5.74) is 0.746. The van der Waals surface area contributed by atoms with Gasteiger partial charge in [-0.2, -0.15) is 0 Å². The zero-order valence-electron chi connectivity index (χ0n) is 16.5. The number of sulfonamides is 1. The molecule has 0 spiro atoms. The molecule has 10 heteroatoms. The molecule has 1 amide bonds. The molecule has 2 N–H and O–H groups in total. The highest BCUT2D eigenvalue weighted by Gasteiger charge is 2.21. The van der Waals surface area contributed by atoms with Crippen LogP contribution in [0.4, 0.5) is 11.4 Å². The molecule has 0 radical (unpaired) electrons. The minimum Gasteiger partial charge on any atom is -0.495 e. The molecule has 0 aliphatic rings. The number of rotatable bonds is 7. The Balaban J connectivity index is 1.92. The van der Waals surface area contributed by atoms with E-state index in [1.807, 2.05) is 0 Å². The van der Waals surface area contributed by atoms with Crippen molar-refractivity contribution in [2.75, 3.05) is 24.3 Å². The van der Waals surface area contributed by atoms with Gasteiger partial charge in [-0.25, -0.2) is 8.42 Å². The first-order valence-electron chi connectivity index (χ1n) is 8.85. The molecule has 0 atom stereocenters. The number of para-hydroxylation sites is 1. The highest BCUT2D eigenvalue weighted by molar-refractivity contribution is 7.92. The molecule has 3 aromatic rings. The molecule has 0 saturated carbocycles. The lowest BCUT2D eigenvalue weighted by molar-refractivity contribution is 0.102. The topological polar surface area (TPSA) is 93.7 Å². The first-order chi connectivity index (χ1) is 14.7. The van der Waals surface area contributed by atoms with Gasteiger partial charge in [0.15, 0.2) is 0 Å². The predicted octanol–water partition coefficient (Wildman–Crippen LogP) is 5.06. The van der Waals surface area contributed by atoms with Crippen molar-refractivity contribution in [1.29, 1.82) is 0 Å². The van der Waals surface area contributed by atoms with Crippen LogP contribution in [-0.2, 0) is 10.0 Å². The lowest BCUT2D eigenvalue weighted by Crippen LogP contribution is -2.16. The Morgan fingerprint density at radius 3 is 2.19 bits per heavy atom. The number of carbonyl (C=O) groups is 1. The summed E-state index contributed by atoms with van der Waals surface area (Å²) in [6.07, 6.45) is 0. The SMILES string of the molecule is COc1cc(NC(=O)c2ccc(Cl)c(S(=O)(=O)Nc3ccccc3)c2)c(OC)cc1Cl. The molecule has 162 valence electrons. The van der Waals surface area contributed by atoms with Gasteiger partial charge in [0, 0.05) is 23.4 Å². The fourth-order valence-corrected chi connectivity index (χ4v) is 4.54. The summed E-state index contributed by atoms with van der Waals surface area (Å²) in [4.78, 5) is 12.6. The average Bonchev–Trinajstić information content (AvgIpc) is 2.75. The summed E-state index contributed by atoms with van der Waals surface area (Å²) in [5, 5.41) is 2.95. The molecule has 3 aromatic carbocycles. The molecular weight excluding hydrogens is 463 g/mol. The van der Waals surface area contributed by atoms with Crippen molar-refractivity contribution in [3.05, 3.63) is 76.3 Å². The van der Waals surface area contributed by atoms with Gasteiger partial charge in [0.25, 0.3) is 15.9 Å². The predicted molar refractivity (Wildman–Crippen MR) is 121 cm³/mol. The fraction of sp³-hybridized carbons (Fsp3) is 0.0952. The van der Waals surface area contributed by atoms with E-state index in [9.17, 15) is 13.2 Å². The number of benzene rings is 3. The van der Waals surface area contributed by atoms with E-state index < -0.39 is 15.9 Å². The van der Waals surface area contributed by atoms with Crippen LogP contribution in [0.5, 0.6) is 11.5 Å². The zero-order chi connectivity index (χ0) is 22.6. The Bertz CT molecular complexity index is 1220. The van der Waals surface area contributed by atoms with Gasteiger partial charge < -0.3 is 14.8 Å². The zero-order valence-corrected chi connectivity index (χ0v) is 18.8. The molecule has 3 rings (SSSR count). The van der Waals surface area contributed by atoms with Crippen molar-refractivity contribution in [2.24, 2.45) is 0 Å². The Morgan fingerprint density at radius 2 is 1.55 bits per heavy atom. The lowest BCUT2D eigenvalue weighted by atomic mass is 10.2. The highest BCUT2D eigenvalue weighted by atomic mass is 35.5. The number of ether oxygens (including phenoxy) is 2. The van der Waals surface area contributed by atoms with Gasteiger partial charge >= 0.3 is 0 Å². The third-order valence-corrected chi connectivity index (χ3v) is 6.39. The summed E-state index contributed by atoms with van der Waals surface area (Å²) in [6.45, 7) is 0. The van der Waals surface area contributed by atoms with E-state index in [1.54, 1.807) is 30.3 Å². The summed E-state index contributed by atoms with van der Waals surface area (Å²) < 4.78 is 38.4. The van der Waals surface area contributed by atoms with Crippen LogP contribution >= 0.6 is 23.2 Å². The Morgan fingerprint density at radius 1 is 0.871 bits per heavy atom. The Labute approximate surface area is 189 Å². The molecule has 0 fully saturated rings. The highest BCUT2D eigenvalue weighted by Crippen LogP contribution is 2.36. The molecular formula is C21H18Cl2N2O5S. The second-order valence-corrected chi connectivity index (χ2v) is 8.72. The summed E-state index contributed by atoms with van der Waals surface area (Å²) in [6, 6.07) is 15.3. The first-order valence-corrected chi connectivity index (χ1v) is 11.1. The minimum atomic E-state index is -4.03. The van der Waals surface area contributed by atoms with Crippen molar-refractivity contribution < 1.29 is 22.7 Å². The van der Waals surface area contributed by atoms with Gasteiger partial charge in [-0.1, -0.05) is 41.4 Å². The Kier molecular flexibility index (Phi) is 6.94. The van der Waals surface area contributed by atoms with Crippen LogP contribution in [0.2, 0.25) is 10.0 Å². The van der Waals surface area contributed by atoms with Gasteiger partial charge in [-0.3, -0.25) is 9.52 Å². The minimum absolute atomic E-state index is 0.0225. The Hall–Kier alpha value is -2.94. The average molecular weight is 481 g/mol. The van der Waals surface area contributed by atoms with Crippen molar-refractivity contribution >= 4 is 50.5 Å². The van der Waals surface area contributed by atoms with Crippen LogP contribution in [0.3, 0.4) is 0 Å². The maximum atomic E-state index is 12.8. The van der Waals surface area contributed by atoms with Gasteiger partial charge in [0.2, 0.25) is 0 Å². The number of hydrogen-bond acceptors (Lipinski definition) is 5. The fourth-order valence-electron chi connectivity index (χ4n) is 2.72. The van der Waals surface area contributed by atoms with E-state index in [2.05, 4.69) is 10.0 Å². The number of carbonyl (C=O) groups excluding carboxylic acids is 1. The van der Waals surface area contributed by atoms with E-state index >= 15 is 0 Å². The quantitative estimate of drug-likeness (QED) is 0.492. The van der Waals surface area contributed by atoms with E-state index in [1.165, 1.54) is 44.6 Å². The molecule has 31 heavy (non-hydrogen) atoms. The van der Waals surface area contributed by atoms with Crippen molar-refractivity contribution in [3.63, 3.8) is 0 Å². The number of amides is 1. The van der Waals surface area contributed by atoms with Crippen molar-refractivity contribution in [2.45, 2.75) is 4.90 Å². The maximum Gasteiger partial charge on any atom is 0.263 e.